The predicted molar refractivity (Wildman–Crippen MR) is 95.9 cm³/mol. The van der Waals surface area contributed by atoms with Crippen molar-refractivity contribution >= 4 is 33.6 Å². The lowest BCUT2D eigenvalue weighted by atomic mass is 10.2. The van der Waals surface area contributed by atoms with Crippen molar-refractivity contribution in [2.45, 2.75) is 28.8 Å². The van der Waals surface area contributed by atoms with Crippen LogP contribution >= 0.6 is 27.7 Å². The summed E-state index contributed by atoms with van der Waals surface area (Å²) in [5.41, 5.74) is 0.695. The summed E-state index contributed by atoms with van der Waals surface area (Å²) >= 11 is 4.88. The van der Waals surface area contributed by atoms with Crippen molar-refractivity contribution in [2.75, 3.05) is 13.1 Å². The Morgan fingerprint density at radius 1 is 1.35 bits per heavy atom. The normalized spacial score (nSPS) is 17.2. The molecule has 0 spiro atoms. The minimum Gasteiger partial charge on any atom is -0.350 e. The molecule has 1 fully saturated rings. The van der Waals surface area contributed by atoms with Gasteiger partial charge in [0, 0.05) is 28.2 Å². The maximum absolute atomic E-state index is 12.5. The second-order valence-corrected chi connectivity index (χ2v) is 7.39. The van der Waals surface area contributed by atoms with Crippen LogP contribution in [0.5, 0.6) is 0 Å². The summed E-state index contributed by atoms with van der Waals surface area (Å²) in [6.07, 6.45) is 4.07. The van der Waals surface area contributed by atoms with Crippen molar-refractivity contribution in [3.8, 4) is 0 Å². The molecule has 0 radical (unpaired) electrons. The van der Waals surface area contributed by atoms with Crippen molar-refractivity contribution in [1.82, 2.24) is 15.6 Å². The molecule has 1 aromatic heterocycles. The van der Waals surface area contributed by atoms with E-state index in [1.165, 1.54) is 18.2 Å². The third-order valence-electron chi connectivity index (χ3n) is 3.72. The van der Waals surface area contributed by atoms with Gasteiger partial charge in [-0.15, -0.1) is 0 Å². The molecule has 2 N–H and O–H groups in total. The zero-order valence-electron chi connectivity index (χ0n) is 12.6. The molecule has 1 aliphatic heterocycles. The first kappa shape index (κ1) is 16.5. The number of amides is 1. The van der Waals surface area contributed by atoms with Crippen molar-refractivity contribution in [1.29, 1.82) is 0 Å². The molecule has 120 valence electrons. The van der Waals surface area contributed by atoms with Gasteiger partial charge in [-0.25, -0.2) is 4.98 Å². The molecule has 3 rings (SSSR count). The summed E-state index contributed by atoms with van der Waals surface area (Å²) in [7, 11) is 0. The molecule has 2 aromatic rings. The molecule has 0 bridgehead atoms. The van der Waals surface area contributed by atoms with Crippen LogP contribution in [0.3, 0.4) is 0 Å². The fourth-order valence-corrected chi connectivity index (χ4v) is 3.64. The quantitative estimate of drug-likeness (QED) is 0.818. The van der Waals surface area contributed by atoms with E-state index >= 15 is 0 Å². The van der Waals surface area contributed by atoms with E-state index in [9.17, 15) is 4.79 Å². The second-order valence-electron chi connectivity index (χ2n) is 5.42. The third-order valence-corrected chi connectivity index (χ3v) is 5.21. The van der Waals surface area contributed by atoms with E-state index in [2.05, 4.69) is 31.5 Å². The Labute approximate surface area is 148 Å². The maximum Gasteiger partial charge on any atom is 0.252 e. The highest BCUT2D eigenvalue weighted by Crippen LogP contribution is 2.29. The molecular formula is C17H18BrN3OS. The van der Waals surface area contributed by atoms with E-state index in [1.807, 2.05) is 36.4 Å². The lowest BCUT2D eigenvalue weighted by Gasteiger charge is -2.13. The monoisotopic (exact) mass is 391 g/mol. The van der Waals surface area contributed by atoms with Gasteiger partial charge in [-0.3, -0.25) is 4.79 Å². The van der Waals surface area contributed by atoms with Crippen LogP contribution < -0.4 is 10.6 Å². The second kappa shape index (κ2) is 7.95. The summed E-state index contributed by atoms with van der Waals surface area (Å²) in [6.45, 7) is 1.72. The van der Waals surface area contributed by atoms with Crippen LogP contribution in [-0.4, -0.2) is 30.0 Å². The SMILES string of the molecule is O=C(NCC1CCCN1)c1ccccc1Sc1ccc(Br)cn1. The van der Waals surface area contributed by atoms with Crippen LogP contribution in [0.2, 0.25) is 0 Å². The molecule has 6 heteroatoms. The Morgan fingerprint density at radius 3 is 2.96 bits per heavy atom. The van der Waals surface area contributed by atoms with E-state index < -0.39 is 0 Å². The van der Waals surface area contributed by atoms with Crippen LogP contribution in [0.1, 0.15) is 23.2 Å². The Morgan fingerprint density at radius 2 is 2.22 bits per heavy atom. The Hall–Kier alpha value is -1.37. The molecule has 1 amide bonds. The highest BCUT2D eigenvalue weighted by atomic mass is 79.9. The van der Waals surface area contributed by atoms with Crippen molar-refractivity contribution < 1.29 is 4.79 Å². The average molecular weight is 392 g/mol. The predicted octanol–water partition coefficient (Wildman–Crippen LogP) is 3.48. The molecule has 0 saturated carbocycles. The van der Waals surface area contributed by atoms with E-state index in [4.69, 9.17) is 0 Å². The number of nitrogens with zero attached hydrogens (tertiary/aromatic N) is 1. The van der Waals surface area contributed by atoms with Gasteiger partial charge < -0.3 is 10.6 Å². The van der Waals surface area contributed by atoms with E-state index in [-0.39, 0.29) is 5.91 Å². The largest absolute Gasteiger partial charge is 0.350 e. The highest BCUT2D eigenvalue weighted by molar-refractivity contribution is 9.10. The van der Waals surface area contributed by atoms with Crippen LogP contribution in [0.4, 0.5) is 0 Å². The smallest absolute Gasteiger partial charge is 0.252 e. The molecule has 1 atom stereocenters. The first-order chi connectivity index (χ1) is 11.2. The number of carbonyl (C=O) groups excluding carboxylic acids is 1. The van der Waals surface area contributed by atoms with E-state index in [0.717, 1.165) is 27.4 Å². The van der Waals surface area contributed by atoms with Gasteiger partial charge >= 0.3 is 0 Å². The van der Waals surface area contributed by atoms with Gasteiger partial charge in [-0.1, -0.05) is 23.9 Å². The summed E-state index contributed by atoms with van der Waals surface area (Å²) in [5, 5.41) is 7.29. The number of carbonyl (C=O) groups is 1. The minimum atomic E-state index is -0.0288. The lowest BCUT2D eigenvalue weighted by molar-refractivity contribution is 0.0947. The number of hydrogen-bond acceptors (Lipinski definition) is 4. The summed E-state index contributed by atoms with van der Waals surface area (Å²) < 4.78 is 0.942. The van der Waals surface area contributed by atoms with Crippen molar-refractivity contribution in [2.24, 2.45) is 0 Å². The number of rotatable bonds is 5. The topological polar surface area (TPSA) is 54.0 Å². The molecule has 2 heterocycles. The first-order valence-corrected chi connectivity index (χ1v) is 9.23. The Bertz CT molecular complexity index is 672. The molecular weight excluding hydrogens is 374 g/mol. The molecule has 1 aliphatic rings. The zero-order valence-corrected chi connectivity index (χ0v) is 15.0. The Kier molecular flexibility index (Phi) is 5.70. The maximum atomic E-state index is 12.5. The van der Waals surface area contributed by atoms with E-state index in [0.29, 0.717) is 18.2 Å². The number of pyridine rings is 1. The molecule has 1 saturated heterocycles. The minimum absolute atomic E-state index is 0.0288. The van der Waals surface area contributed by atoms with Crippen LogP contribution in [-0.2, 0) is 0 Å². The van der Waals surface area contributed by atoms with Gasteiger partial charge in [-0.2, -0.15) is 0 Å². The van der Waals surface area contributed by atoms with Crippen molar-refractivity contribution in [3.05, 3.63) is 52.6 Å². The zero-order chi connectivity index (χ0) is 16.1. The number of hydrogen-bond donors (Lipinski definition) is 2. The lowest BCUT2D eigenvalue weighted by Crippen LogP contribution is -2.37. The van der Waals surface area contributed by atoms with Gasteiger partial charge in [0.1, 0.15) is 5.03 Å². The molecule has 1 aromatic carbocycles. The van der Waals surface area contributed by atoms with Crippen LogP contribution in [0.15, 0.2) is 57.0 Å². The van der Waals surface area contributed by atoms with Gasteiger partial charge in [0.25, 0.3) is 5.91 Å². The molecule has 23 heavy (non-hydrogen) atoms. The number of halogens is 1. The van der Waals surface area contributed by atoms with E-state index in [1.54, 1.807) is 6.20 Å². The van der Waals surface area contributed by atoms with Crippen LogP contribution in [0, 0.1) is 0 Å². The van der Waals surface area contributed by atoms with Gasteiger partial charge in [-0.05, 0) is 59.6 Å². The van der Waals surface area contributed by atoms with Gasteiger partial charge in [0.15, 0.2) is 0 Å². The highest BCUT2D eigenvalue weighted by Gasteiger charge is 2.17. The summed E-state index contributed by atoms with van der Waals surface area (Å²) in [4.78, 5) is 17.8. The fraction of sp³-hybridized carbons (Fsp3) is 0.294. The van der Waals surface area contributed by atoms with Gasteiger partial charge in [0.05, 0.1) is 5.56 Å². The molecule has 0 aliphatic carbocycles. The molecule has 4 nitrogen and oxygen atoms in total. The van der Waals surface area contributed by atoms with Crippen molar-refractivity contribution in [3.63, 3.8) is 0 Å². The summed E-state index contributed by atoms with van der Waals surface area (Å²) in [5.74, 6) is -0.0288. The number of aromatic nitrogens is 1. The Balaban J connectivity index is 1.69. The molecule has 1 unspecified atom stereocenters. The van der Waals surface area contributed by atoms with Gasteiger partial charge in [0.2, 0.25) is 0 Å². The third kappa shape index (κ3) is 4.56. The number of nitrogens with one attached hydrogen (secondary N) is 2. The number of benzene rings is 1. The van der Waals surface area contributed by atoms with Crippen LogP contribution in [0.25, 0.3) is 0 Å². The summed E-state index contributed by atoms with van der Waals surface area (Å²) in [6, 6.07) is 11.9. The first-order valence-electron chi connectivity index (χ1n) is 7.62. The standard InChI is InChI=1S/C17H18BrN3OS/c18-12-7-8-16(20-10-12)23-15-6-2-1-5-14(15)17(22)21-11-13-4-3-9-19-13/h1-2,5-8,10,13,19H,3-4,9,11H2,(H,21,22). The fourth-order valence-electron chi connectivity index (χ4n) is 2.52. The average Bonchev–Trinajstić information content (AvgIpc) is 3.09.